The lowest BCUT2D eigenvalue weighted by Crippen LogP contribution is -2.26. The normalized spacial score (nSPS) is 15.3. The number of aromatic nitrogens is 3. The molecule has 0 saturated heterocycles. The molecular weight excluding hydrogens is 304 g/mol. The van der Waals surface area contributed by atoms with Crippen molar-refractivity contribution >= 4 is 5.91 Å². The van der Waals surface area contributed by atoms with Gasteiger partial charge in [0, 0.05) is 25.6 Å². The monoisotopic (exact) mass is 328 g/mol. The van der Waals surface area contributed by atoms with Gasteiger partial charge in [-0.3, -0.25) is 9.78 Å². The van der Waals surface area contributed by atoms with Gasteiger partial charge in [0.05, 0.1) is 0 Å². The summed E-state index contributed by atoms with van der Waals surface area (Å²) < 4.78 is 5.19. The number of aryl methyl sites for hydroxylation is 1. The van der Waals surface area contributed by atoms with Crippen molar-refractivity contribution in [1.29, 1.82) is 0 Å². The second-order valence-electron chi connectivity index (χ2n) is 6.37. The number of rotatable bonds is 7. The summed E-state index contributed by atoms with van der Waals surface area (Å²) in [4.78, 5) is 20.4. The molecule has 0 radical (unpaired) electrons. The summed E-state index contributed by atoms with van der Waals surface area (Å²) in [5.41, 5.74) is 0.671. The Bertz CT molecular complexity index is 635. The van der Waals surface area contributed by atoms with Crippen molar-refractivity contribution in [2.75, 3.05) is 6.54 Å². The fourth-order valence-electron chi connectivity index (χ4n) is 3.16. The molecular formula is C18H24N4O2. The molecule has 0 bridgehead atoms. The van der Waals surface area contributed by atoms with Crippen molar-refractivity contribution in [3.8, 4) is 11.5 Å². The third kappa shape index (κ3) is 4.88. The van der Waals surface area contributed by atoms with E-state index < -0.39 is 0 Å². The molecule has 1 amide bonds. The Hall–Kier alpha value is -2.24. The maximum atomic E-state index is 11.9. The van der Waals surface area contributed by atoms with E-state index in [2.05, 4.69) is 20.4 Å². The molecule has 0 spiro atoms. The van der Waals surface area contributed by atoms with Gasteiger partial charge in [0.25, 0.3) is 0 Å². The van der Waals surface area contributed by atoms with E-state index in [1.165, 1.54) is 32.1 Å². The first kappa shape index (κ1) is 16.6. The van der Waals surface area contributed by atoms with Gasteiger partial charge in [0.1, 0.15) is 5.69 Å². The van der Waals surface area contributed by atoms with Crippen molar-refractivity contribution in [1.82, 2.24) is 20.4 Å². The molecule has 0 unspecified atom stereocenters. The van der Waals surface area contributed by atoms with E-state index in [4.69, 9.17) is 4.52 Å². The zero-order valence-corrected chi connectivity index (χ0v) is 13.9. The van der Waals surface area contributed by atoms with E-state index in [1.54, 1.807) is 6.20 Å². The molecule has 3 rings (SSSR count). The molecule has 2 aromatic heterocycles. The van der Waals surface area contributed by atoms with Gasteiger partial charge in [-0.25, -0.2) is 0 Å². The van der Waals surface area contributed by atoms with Crippen LogP contribution in [-0.2, 0) is 11.2 Å². The summed E-state index contributed by atoms with van der Waals surface area (Å²) in [5.74, 6) is 1.76. The molecule has 128 valence electrons. The van der Waals surface area contributed by atoms with E-state index in [1.807, 2.05) is 18.2 Å². The first-order valence-corrected chi connectivity index (χ1v) is 8.82. The lowest BCUT2D eigenvalue weighted by atomic mass is 9.87. The topological polar surface area (TPSA) is 80.9 Å². The lowest BCUT2D eigenvalue weighted by molar-refractivity contribution is -0.121. The molecule has 0 aromatic carbocycles. The number of hydrogen-bond acceptors (Lipinski definition) is 5. The van der Waals surface area contributed by atoms with Crippen LogP contribution < -0.4 is 5.32 Å². The largest absolute Gasteiger partial charge is 0.356 e. The number of hydrogen-bond donors (Lipinski definition) is 1. The van der Waals surface area contributed by atoms with Gasteiger partial charge in [-0.1, -0.05) is 43.3 Å². The van der Waals surface area contributed by atoms with Crippen LogP contribution in [0.4, 0.5) is 0 Å². The minimum absolute atomic E-state index is 0.0448. The molecule has 1 aliphatic carbocycles. The summed E-state index contributed by atoms with van der Waals surface area (Å²) in [7, 11) is 0. The molecule has 24 heavy (non-hydrogen) atoms. The highest BCUT2D eigenvalue weighted by atomic mass is 16.5. The molecule has 2 aromatic rings. The van der Waals surface area contributed by atoms with E-state index in [-0.39, 0.29) is 5.91 Å². The Kier molecular flexibility index (Phi) is 5.93. The number of nitrogens with zero attached hydrogens (tertiary/aromatic N) is 3. The van der Waals surface area contributed by atoms with Crippen LogP contribution >= 0.6 is 0 Å². The molecule has 6 nitrogen and oxygen atoms in total. The van der Waals surface area contributed by atoms with Crippen LogP contribution in [0.5, 0.6) is 0 Å². The minimum Gasteiger partial charge on any atom is -0.356 e. The second-order valence-corrected chi connectivity index (χ2v) is 6.37. The maximum Gasteiger partial charge on any atom is 0.227 e. The third-order valence-corrected chi connectivity index (χ3v) is 4.53. The van der Waals surface area contributed by atoms with Crippen LogP contribution in [0.3, 0.4) is 0 Å². The van der Waals surface area contributed by atoms with E-state index in [0.717, 1.165) is 18.9 Å². The van der Waals surface area contributed by atoms with Crippen LogP contribution in [-0.4, -0.2) is 27.6 Å². The zero-order chi connectivity index (χ0) is 16.6. The Labute approximate surface area is 142 Å². The highest BCUT2D eigenvalue weighted by Gasteiger charge is 2.14. The Morgan fingerprint density at radius 3 is 2.92 bits per heavy atom. The number of pyridine rings is 1. The van der Waals surface area contributed by atoms with Crippen molar-refractivity contribution in [2.45, 2.75) is 51.4 Å². The number of amides is 1. The molecule has 6 heteroatoms. The van der Waals surface area contributed by atoms with Crippen LogP contribution in [0.25, 0.3) is 11.5 Å². The molecule has 1 N–H and O–H groups in total. The van der Waals surface area contributed by atoms with Crippen molar-refractivity contribution in [3.63, 3.8) is 0 Å². The first-order valence-electron chi connectivity index (χ1n) is 8.82. The van der Waals surface area contributed by atoms with Crippen LogP contribution in [0.1, 0.15) is 50.8 Å². The Morgan fingerprint density at radius 2 is 2.12 bits per heavy atom. The lowest BCUT2D eigenvalue weighted by Gasteiger charge is -2.21. The number of carbonyl (C=O) groups excluding carboxylic acids is 1. The summed E-state index contributed by atoms with van der Waals surface area (Å²) in [6, 6.07) is 5.53. The highest BCUT2D eigenvalue weighted by molar-refractivity contribution is 5.75. The molecule has 1 aliphatic rings. The summed E-state index contributed by atoms with van der Waals surface area (Å²) in [6.07, 6.45) is 10.3. The summed E-state index contributed by atoms with van der Waals surface area (Å²) in [6.45, 7) is 0.770. The van der Waals surface area contributed by atoms with Gasteiger partial charge in [-0.15, -0.1) is 0 Å². The molecule has 2 heterocycles. The standard InChI is InChI=1S/C18H24N4O2/c23-16(20-13-11-14-6-2-1-3-7-14)9-10-17-21-18(22-24-17)15-8-4-5-12-19-15/h4-5,8,12,14H,1-3,6-7,9-11,13H2,(H,20,23). The van der Waals surface area contributed by atoms with Gasteiger partial charge >= 0.3 is 0 Å². The first-order chi connectivity index (χ1) is 11.8. The predicted octanol–water partition coefficient (Wildman–Crippen LogP) is 3.15. The maximum absolute atomic E-state index is 11.9. The Morgan fingerprint density at radius 1 is 1.25 bits per heavy atom. The second kappa shape index (κ2) is 8.57. The van der Waals surface area contributed by atoms with E-state index in [0.29, 0.717) is 30.3 Å². The highest BCUT2D eigenvalue weighted by Crippen LogP contribution is 2.25. The quantitative estimate of drug-likeness (QED) is 0.844. The third-order valence-electron chi connectivity index (χ3n) is 4.53. The van der Waals surface area contributed by atoms with Gasteiger partial charge in [0.15, 0.2) is 0 Å². The van der Waals surface area contributed by atoms with E-state index in [9.17, 15) is 4.79 Å². The average molecular weight is 328 g/mol. The number of carbonyl (C=O) groups is 1. The summed E-state index contributed by atoms with van der Waals surface area (Å²) >= 11 is 0. The van der Waals surface area contributed by atoms with Crippen molar-refractivity contribution < 1.29 is 9.32 Å². The molecule has 0 atom stereocenters. The van der Waals surface area contributed by atoms with Gasteiger partial charge in [0.2, 0.25) is 17.6 Å². The van der Waals surface area contributed by atoms with Crippen LogP contribution in [0.15, 0.2) is 28.9 Å². The molecule has 0 aliphatic heterocycles. The average Bonchev–Trinajstić information content (AvgIpc) is 3.11. The minimum atomic E-state index is 0.0448. The number of nitrogens with one attached hydrogen (secondary N) is 1. The summed E-state index contributed by atoms with van der Waals surface area (Å²) in [5, 5.41) is 6.90. The molecule has 1 saturated carbocycles. The van der Waals surface area contributed by atoms with Crippen molar-refractivity contribution in [3.05, 3.63) is 30.3 Å². The van der Waals surface area contributed by atoms with Crippen LogP contribution in [0, 0.1) is 5.92 Å². The van der Waals surface area contributed by atoms with Gasteiger partial charge in [-0.05, 0) is 24.5 Å². The van der Waals surface area contributed by atoms with Crippen molar-refractivity contribution in [2.24, 2.45) is 5.92 Å². The van der Waals surface area contributed by atoms with Crippen LogP contribution in [0.2, 0.25) is 0 Å². The SMILES string of the molecule is O=C(CCc1nc(-c2ccccn2)no1)NCCC1CCCCC1. The van der Waals surface area contributed by atoms with Gasteiger partial charge in [-0.2, -0.15) is 4.98 Å². The smallest absolute Gasteiger partial charge is 0.227 e. The fraction of sp³-hybridized carbons (Fsp3) is 0.556. The van der Waals surface area contributed by atoms with E-state index >= 15 is 0 Å². The zero-order valence-electron chi connectivity index (χ0n) is 13.9. The predicted molar refractivity (Wildman–Crippen MR) is 90.1 cm³/mol. The Balaban J connectivity index is 1.38. The fourth-order valence-corrected chi connectivity index (χ4v) is 3.16. The van der Waals surface area contributed by atoms with Gasteiger partial charge < -0.3 is 9.84 Å². The molecule has 1 fully saturated rings.